The molecular formula is C41H44N2O7. The highest BCUT2D eigenvalue weighted by atomic mass is 16.5. The van der Waals surface area contributed by atoms with Crippen molar-refractivity contribution in [3.63, 3.8) is 0 Å². The van der Waals surface area contributed by atoms with Gasteiger partial charge in [-0.3, -0.25) is 14.6 Å². The Kier molecular flexibility index (Phi) is 7.92. The van der Waals surface area contributed by atoms with Crippen LogP contribution < -0.4 is 30.4 Å². The smallest absolute Gasteiger partial charge is 0.194 e. The minimum absolute atomic E-state index is 0.101. The maximum absolute atomic E-state index is 14.1. The van der Waals surface area contributed by atoms with Crippen LogP contribution >= 0.6 is 0 Å². The number of phenols is 2. The Morgan fingerprint density at radius 2 is 1.28 bits per heavy atom. The Morgan fingerprint density at radius 1 is 0.720 bits per heavy atom. The molecule has 260 valence electrons. The predicted octanol–water partition coefficient (Wildman–Crippen LogP) is 8.37. The zero-order chi connectivity index (χ0) is 35.0. The van der Waals surface area contributed by atoms with Crippen LogP contribution in [0.3, 0.4) is 0 Å². The van der Waals surface area contributed by atoms with E-state index in [1.54, 1.807) is 0 Å². The van der Waals surface area contributed by atoms with Crippen LogP contribution in [0.5, 0.6) is 28.7 Å². The molecule has 9 heteroatoms. The van der Waals surface area contributed by atoms with Crippen molar-refractivity contribution >= 4 is 60.6 Å². The van der Waals surface area contributed by atoms with E-state index in [0.29, 0.717) is 43.6 Å². The van der Waals surface area contributed by atoms with Gasteiger partial charge in [-0.05, 0) is 44.9 Å². The van der Waals surface area contributed by atoms with E-state index in [1.807, 2.05) is 13.8 Å². The molecule has 2 fully saturated rings. The quantitative estimate of drug-likeness (QED) is 0.0679. The first-order valence-corrected chi connectivity index (χ1v) is 17.9. The molecule has 3 aliphatic carbocycles. The fourth-order valence-electron chi connectivity index (χ4n) is 9.45. The molecule has 1 atom stereocenters. The lowest BCUT2D eigenvalue weighted by Gasteiger charge is -2.28. The van der Waals surface area contributed by atoms with Crippen LogP contribution in [0.4, 0.5) is 5.69 Å². The van der Waals surface area contributed by atoms with Crippen molar-refractivity contribution in [3.05, 3.63) is 49.3 Å². The third-order valence-corrected chi connectivity index (χ3v) is 11.6. The molecular weight excluding hydrogens is 632 g/mol. The summed E-state index contributed by atoms with van der Waals surface area (Å²) in [7, 11) is 4.50. The van der Waals surface area contributed by atoms with Gasteiger partial charge in [-0.25, -0.2) is 0 Å². The van der Waals surface area contributed by atoms with E-state index < -0.39 is 11.3 Å². The van der Waals surface area contributed by atoms with Gasteiger partial charge in [-0.1, -0.05) is 50.2 Å². The number of ether oxygens (including phenoxy) is 3. The number of phenolic OH excluding ortho intramolecular Hbond substituents is 2. The summed E-state index contributed by atoms with van der Waals surface area (Å²) in [5.41, 5.74) is 2.90. The number of aromatic hydroxyl groups is 2. The molecule has 0 saturated heterocycles. The van der Waals surface area contributed by atoms with Gasteiger partial charge in [0.05, 0.1) is 37.8 Å². The Hall–Kier alpha value is -4.79. The van der Waals surface area contributed by atoms with Crippen LogP contribution in [0.15, 0.2) is 32.3 Å². The third kappa shape index (κ3) is 4.61. The summed E-state index contributed by atoms with van der Waals surface area (Å²) in [6.45, 7) is 4.08. The topological polar surface area (TPSA) is 127 Å². The molecule has 0 bridgehead atoms. The SMILES string of the molecule is COc1c(O)c2c(=O)cc(OC)c3c4c(OC)cc(=O)c5c(O)c(NC6CCCCC6)c6c(c(c1C(C(C)=NC1CCCCC1)C(C)=C6)c23)c54. The van der Waals surface area contributed by atoms with E-state index in [9.17, 15) is 19.8 Å². The predicted molar refractivity (Wildman–Crippen MR) is 201 cm³/mol. The van der Waals surface area contributed by atoms with Gasteiger partial charge < -0.3 is 29.7 Å². The molecule has 0 aliphatic heterocycles. The summed E-state index contributed by atoms with van der Waals surface area (Å²) >= 11 is 0. The molecule has 0 spiro atoms. The van der Waals surface area contributed by atoms with Gasteiger partial charge in [0.1, 0.15) is 11.5 Å². The average molecular weight is 677 g/mol. The van der Waals surface area contributed by atoms with Gasteiger partial charge in [0.15, 0.2) is 28.1 Å². The number of nitrogens with zero attached hydrogens (tertiary/aromatic N) is 1. The third-order valence-electron chi connectivity index (χ3n) is 11.6. The van der Waals surface area contributed by atoms with E-state index >= 15 is 0 Å². The van der Waals surface area contributed by atoms with Gasteiger partial charge in [0, 0.05) is 73.9 Å². The zero-order valence-corrected chi connectivity index (χ0v) is 29.4. The largest absolute Gasteiger partial charge is 0.505 e. The van der Waals surface area contributed by atoms with Crippen molar-refractivity contribution in [3.8, 4) is 28.7 Å². The van der Waals surface area contributed by atoms with E-state index in [0.717, 1.165) is 68.2 Å². The number of methoxy groups -OCH3 is 3. The number of anilines is 1. The first-order valence-electron chi connectivity index (χ1n) is 17.9. The van der Waals surface area contributed by atoms with Crippen molar-refractivity contribution in [2.75, 3.05) is 26.6 Å². The number of allylic oxidation sites excluding steroid dienone is 1. The summed E-state index contributed by atoms with van der Waals surface area (Å²) in [5.74, 6) is -0.0327. The molecule has 0 heterocycles. The van der Waals surface area contributed by atoms with Crippen molar-refractivity contribution in [2.45, 2.75) is 96.1 Å². The first kappa shape index (κ1) is 32.4. The highest BCUT2D eigenvalue weighted by molar-refractivity contribution is 6.40. The Morgan fingerprint density at radius 3 is 1.86 bits per heavy atom. The summed E-state index contributed by atoms with van der Waals surface area (Å²) in [6, 6.07) is 3.05. The number of hydrogen-bond acceptors (Lipinski definition) is 9. The molecule has 5 aromatic rings. The molecule has 0 amide bonds. The van der Waals surface area contributed by atoms with E-state index in [1.165, 1.54) is 46.3 Å². The minimum atomic E-state index is -0.433. The lowest BCUT2D eigenvalue weighted by molar-refractivity contribution is 0.373. The second kappa shape index (κ2) is 12.2. The molecule has 50 heavy (non-hydrogen) atoms. The van der Waals surface area contributed by atoms with Crippen molar-refractivity contribution in [1.82, 2.24) is 0 Å². The minimum Gasteiger partial charge on any atom is -0.505 e. The van der Waals surface area contributed by atoms with Crippen LogP contribution in [-0.2, 0) is 0 Å². The summed E-state index contributed by atoms with van der Waals surface area (Å²) in [6.07, 6.45) is 12.8. The Bertz CT molecular complexity index is 2370. The first-order chi connectivity index (χ1) is 24.2. The standard InChI is InChI=1S/C41H44N2O7/c1-19-16-23-29-34-30(39(46)38(23)43-22-14-10-7-11-15-22)24(44)17-26(48-3)32(34)33-27(49-4)18-25(45)31-36(33)35(29)37(41(50-5)40(31)47)28(19)20(2)42-21-12-8-6-9-13-21/h16-18,21-22,28,43,46-47H,6-15H2,1-5H3. The molecule has 3 aliphatic rings. The summed E-state index contributed by atoms with van der Waals surface area (Å²) < 4.78 is 17.9. The molecule has 8 rings (SSSR count). The normalized spacial score (nSPS) is 19.1. The number of benzene rings is 5. The van der Waals surface area contributed by atoms with E-state index in [2.05, 4.69) is 11.4 Å². The van der Waals surface area contributed by atoms with Gasteiger partial charge >= 0.3 is 0 Å². The highest BCUT2D eigenvalue weighted by Crippen LogP contribution is 2.58. The van der Waals surface area contributed by atoms with Gasteiger partial charge in [-0.15, -0.1) is 0 Å². The maximum Gasteiger partial charge on any atom is 0.194 e. The molecule has 0 aromatic heterocycles. The molecule has 0 radical (unpaired) electrons. The van der Waals surface area contributed by atoms with Crippen LogP contribution in [0.1, 0.15) is 95.1 Å². The summed E-state index contributed by atoms with van der Waals surface area (Å²) in [5, 5.41) is 31.7. The molecule has 3 N–H and O–H groups in total. The number of fused-ring (bicyclic) bond motifs is 1. The molecule has 5 aromatic carbocycles. The highest BCUT2D eigenvalue weighted by Gasteiger charge is 2.37. The second-order valence-electron chi connectivity index (χ2n) is 14.4. The fourth-order valence-corrected chi connectivity index (χ4v) is 9.45. The van der Waals surface area contributed by atoms with Crippen LogP contribution in [0, 0.1) is 0 Å². The van der Waals surface area contributed by atoms with Crippen LogP contribution in [0.2, 0.25) is 0 Å². The van der Waals surface area contributed by atoms with E-state index in [-0.39, 0.29) is 57.0 Å². The number of nitrogens with one attached hydrogen (secondary N) is 1. The lowest BCUT2D eigenvalue weighted by atomic mass is 9.80. The molecule has 9 nitrogen and oxygen atoms in total. The zero-order valence-electron chi connectivity index (χ0n) is 29.4. The van der Waals surface area contributed by atoms with Crippen molar-refractivity contribution in [1.29, 1.82) is 0 Å². The van der Waals surface area contributed by atoms with Crippen molar-refractivity contribution in [2.24, 2.45) is 4.99 Å². The van der Waals surface area contributed by atoms with Gasteiger partial charge in [-0.2, -0.15) is 0 Å². The average Bonchev–Trinajstić information content (AvgIpc) is 3.24. The maximum atomic E-state index is 14.1. The van der Waals surface area contributed by atoms with Gasteiger partial charge in [0.2, 0.25) is 0 Å². The fraction of sp³-hybridized carbons (Fsp3) is 0.439. The lowest BCUT2D eigenvalue weighted by Crippen LogP contribution is -2.23. The number of rotatable bonds is 7. The monoisotopic (exact) mass is 676 g/mol. The Labute approximate surface area is 290 Å². The summed E-state index contributed by atoms with van der Waals surface area (Å²) in [4.78, 5) is 33.5. The molecule has 2 saturated carbocycles. The van der Waals surface area contributed by atoms with Gasteiger partial charge in [0.25, 0.3) is 0 Å². The number of hydrogen-bond donors (Lipinski definition) is 3. The van der Waals surface area contributed by atoms with Crippen LogP contribution in [-0.4, -0.2) is 49.3 Å². The van der Waals surface area contributed by atoms with E-state index in [4.69, 9.17) is 19.2 Å². The number of aliphatic imine (C=N–C) groups is 1. The van der Waals surface area contributed by atoms with Crippen molar-refractivity contribution < 1.29 is 24.4 Å². The van der Waals surface area contributed by atoms with Crippen LogP contribution in [0.25, 0.3) is 49.2 Å². The molecule has 1 unspecified atom stereocenters. The Balaban J connectivity index is 1.66. The second-order valence-corrected chi connectivity index (χ2v) is 14.4.